The molecule has 0 spiro atoms. The molecular formula is C75H124O6. The molecule has 0 aromatic rings. The Hall–Kier alpha value is -4.45. The number of unbranched alkanes of at least 4 members (excludes halogenated alkanes) is 27. The molecule has 1 unspecified atom stereocenters. The van der Waals surface area contributed by atoms with Gasteiger partial charge in [0.15, 0.2) is 6.10 Å². The van der Waals surface area contributed by atoms with Crippen LogP contribution >= 0.6 is 0 Å². The van der Waals surface area contributed by atoms with Crippen LogP contribution in [0.1, 0.15) is 303 Å². The lowest BCUT2D eigenvalue weighted by molar-refractivity contribution is -0.167. The summed E-state index contributed by atoms with van der Waals surface area (Å²) < 4.78 is 17.0. The van der Waals surface area contributed by atoms with E-state index in [1.165, 1.54) is 122 Å². The number of rotatable bonds is 60. The molecule has 0 saturated heterocycles. The van der Waals surface area contributed by atoms with Crippen molar-refractivity contribution in [3.05, 3.63) is 134 Å². The van der Waals surface area contributed by atoms with Crippen molar-refractivity contribution in [3.63, 3.8) is 0 Å². The minimum Gasteiger partial charge on any atom is -0.462 e. The van der Waals surface area contributed by atoms with E-state index in [9.17, 15) is 14.4 Å². The highest BCUT2D eigenvalue weighted by Gasteiger charge is 2.19. The zero-order valence-corrected chi connectivity index (χ0v) is 52.8. The Balaban J connectivity index is 4.46. The fourth-order valence-electron chi connectivity index (χ4n) is 9.14. The highest BCUT2D eigenvalue weighted by molar-refractivity contribution is 5.71. The summed E-state index contributed by atoms with van der Waals surface area (Å²) in [5.74, 6) is -0.915. The molecule has 0 aromatic carbocycles. The molecule has 0 aliphatic carbocycles. The van der Waals surface area contributed by atoms with E-state index in [0.29, 0.717) is 19.3 Å². The summed E-state index contributed by atoms with van der Waals surface area (Å²) >= 11 is 0. The summed E-state index contributed by atoms with van der Waals surface area (Å²) in [6.07, 6.45) is 95.9. The monoisotopic (exact) mass is 1120 g/mol. The second-order valence-corrected chi connectivity index (χ2v) is 22.0. The lowest BCUT2D eigenvalue weighted by atomic mass is 10.1. The molecule has 0 heterocycles. The van der Waals surface area contributed by atoms with E-state index < -0.39 is 6.10 Å². The van der Waals surface area contributed by atoms with Crippen LogP contribution in [0.4, 0.5) is 0 Å². The third-order valence-corrected chi connectivity index (χ3v) is 14.1. The van der Waals surface area contributed by atoms with Gasteiger partial charge in [-0.1, -0.05) is 283 Å². The van der Waals surface area contributed by atoms with E-state index in [-0.39, 0.29) is 31.1 Å². The molecule has 0 N–H and O–H groups in total. The molecule has 81 heavy (non-hydrogen) atoms. The standard InChI is InChI=1S/C75H124O6/c1-4-7-10-13-16-19-22-25-28-31-34-37-40-43-46-49-52-55-58-61-64-67-73(76)79-70-72(81-75(78)69-66-63-60-57-54-51-48-45-42-39-36-33-30-27-24-21-18-15-12-9-6-3)71-80-74(77)68-65-62-59-56-53-50-47-44-41-38-35-32-29-26-23-20-17-14-11-8-5-2/h7,9-10,12,16,18-19,21,23,25-28,30,32,34-37,39,41,44,72H,4-6,8,11,13-15,17,20,22,24,29,31,33,38,40,42-43,45-71H2,1-3H3/b10-7-,12-9-,19-16-,21-18-,26-23-,28-25-,30-27-,35-32-,37-34-,39-36-,44-41-. The molecule has 0 bridgehead atoms. The fourth-order valence-corrected chi connectivity index (χ4v) is 9.14. The molecule has 0 radical (unpaired) electrons. The molecule has 6 nitrogen and oxygen atoms in total. The molecule has 0 rings (SSSR count). The Kier molecular flexibility index (Phi) is 64.3. The van der Waals surface area contributed by atoms with Crippen LogP contribution in [0, 0.1) is 0 Å². The van der Waals surface area contributed by atoms with Crippen LogP contribution in [0.3, 0.4) is 0 Å². The van der Waals surface area contributed by atoms with Crippen molar-refractivity contribution < 1.29 is 28.6 Å². The fraction of sp³-hybridized carbons (Fsp3) is 0.667. The summed E-state index contributed by atoms with van der Waals surface area (Å²) in [4.78, 5) is 38.5. The number of carbonyl (C=O) groups excluding carboxylic acids is 3. The summed E-state index contributed by atoms with van der Waals surface area (Å²) in [6, 6.07) is 0. The molecule has 6 heteroatoms. The van der Waals surface area contributed by atoms with Crippen molar-refractivity contribution in [2.75, 3.05) is 13.2 Å². The van der Waals surface area contributed by atoms with E-state index in [0.717, 1.165) is 141 Å². The van der Waals surface area contributed by atoms with Gasteiger partial charge in [-0.05, 0) is 135 Å². The van der Waals surface area contributed by atoms with Gasteiger partial charge in [-0.15, -0.1) is 0 Å². The zero-order valence-electron chi connectivity index (χ0n) is 52.8. The molecule has 0 aliphatic rings. The van der Waals surface area contributed by atoms with Gasteiger partial charge in [0.25, 0.3) is 0 Å². The Morgan fingerprint density at radius 2 is 0.481 bits per heavy atom. The van der Waals surface area contributed by atoms with Gasteiger partial charge < -0.3 is 14.2 Å². The van der Waals surface area contributed by atoms with Crippen molar-refractivity contribution >= 4 is 17.9 Å². The first-order chi connectivity index (χ1) is 40.0. The van der Waals surface area contributed by atoms with Crippen molar-refractivity contribution in [2.45, 2.75) is 309 Å². The number of carbonyl (C=O) groups is 3. The average Bonchev–Trinajstić information content (AvgIpc) is 3.47. The van der Waals surface area contributed by atoms with Crippen molar-refractivity contribution in [1.82, 2.24) is 0 Å². The normalized spacial score (nSPS) is 13.0. The number of hydrogen-bond donors (Lipinski definition) is 0. The van der Waals surface area contributed by atoms with Gasteiger partial charge >= 0.3 is 17.9 Å². The van der Waals surface area contributed by atoms with Crippen LogP contribution in [0.2, 0.25) is 0 Å². The van der Waals surface area contributed by atoms with Gasteiger partial charge in [0, 0.05) is 19.3 Å². The largest absolute Gasteiger partial charge is 0.462 e. The molecule has 1 atom stereocenters. The van der Waals surface area contributed by atoms with E-state index in [2.05, 4.69) is 154 Å². The average molecular weight is 1120 g/mol. The highest BCUT2D eigenvalue weighted by Crippen LogP contribution is 2.15. The van der Waals surface area contributed by atoms with Crippen molar-refractivity contribution in [1.29, 1.82) is 0 Å². The molecular weight excluding hydrogens is 997 g/mol. The van der Waals surface area contributed by atoms with Gasteiger partial charge in [-0.2, -0.15) is 0 Å². The molecule has 0 aliphatic heterocycles. The van der Waals surface area contributed by atoms with Crippen LogP contribution in [-0.4, -0.2) is 37.2 Å². The second kappa shape index (κ2) is 68.1. The maximum Gasteiger partial charge on any atom is 0.306 e. The van der Waals surface area contributed by atoms with Crippen LogP contribution in [0.5, 0.6) is 0 Å². The quantitative estimate of drug-likeness (QED) is 0.0261. The molecule has 0 amide bonds. The summed E-state index contributed by atoms with van der Waals surface area (Å²) in [5.41, 5.74) is 0. The summed E-state index contributed by atoms with van der Waals surface area (Å²) in [5, 5.41) is 0. The highest BCUT2D eigenvalue weighted by atomic mass is 16.6. The first kappa shape index (κ1) is 76.5. The van der Waals surface area contributed by atoms with E-state index in [4.69, 9.17) is 14.2 Å². The van der Waals surface area contributed by atoms with E-state index >= 15 is 0 Å². The first-order valence-corrected chi connectivity index (χ1v) is 33.7. The summed E-state index contributed by atoms with van der Waals surface area (Å²) in [6.45, 7) is 6.40. The van der Waals surface area contributed by atoms with Crippen LogP contribution in [-0.2, 0) is 28.6 Å². The van der Waals surface area contributed by atoms with Gasteiger partial charge in [0.1, 0.15) is 13.2 Å². The minimum absolute atomic E-state index is 0.0934. The van der Waals surface area contributed by atoms with E-state index in [1.807, 2.05) is 0 Å². The van der Waals surface area contributed by atoms with Crippen LogP contribution in [0.15, 0.2) is 134 Å². The van der Waals surface area contributed by atoms with Crippen molar-refractivity contribution in [2.24, 2.45) is 0 Å². The smallest absolute Gasteiger partial charge is 0.306 e. The lowest BCUT2D eigenvalue weighted by Crippen LogP contribution is -2.30. The Bertz CT molecular complexity index is 1720. The zero-order chi connectivity index (χ0) is 58.5. The van der Waals surface area contributed by atoms with Crippen LogP contribution in [0.25, 0.3) is 0 Å². The molecule has 0 fully saturated rings. The predicted octanol–water partition coefficient (Wildman–Crippen LogP) is 23.3. The predicted molar refractivity (Wildman–Crippen MR) is 353 cm³/mol. The second-order valence-electron chi connectivity index (χ2n) is 22.0. The maximum absolute atomic E-state index is 13.0. The number of esters is 3. The van der Waals surface area contributed by atoms with Crippen molar-refractivity contribution in [3.8, 4) is 0 Å². The summed E-state index contributed by atoms with van der Waals surface area (Å²) in [7, 11) is 0. The Morgan fingerprint density at radius 1 is 0.259 bits per heavy atom. The first-order valence-electron chi connectivity index (χ1n) is 33.7. The van der Waals surface area contributed by atoms with Gasteiger partial charge in [-0.3, -0.25) is 14.4 Å². The van der Waals surface area contributed by atoms with Gasteiger partial charge in [0.2, 0.25) is 0 Å². The van der Waals surface area contributed by atoms with Gasteiger partial charge in [0.05, 0.1) is 0 Å². The molecule has 0 saturated carbocycles. The van der Waals surface area contributed by atoms with E-state index in [1.54, 1.807) is 0 Å². The van der Waals surface area contributed by atoms with Gasteiger partial charge in [-0.25, -0.2) is 0 Å². The Morgan fingerprint density at radius 3 is 0.753 bits per heavy atom. The molecule has 460 valence electrons. The third kappa shape index (κ3) is 66.2. The van der Waals surface area contributed by atoms with Crippen LogP contribution < -0.4 is 0 Å². The molecule has 0 aromatic heterocycles. The number of ether oxygens (including phenoxy) is 3. The maximum atomic E-state index is 13.0. The number of allylic oxidation sites excluding steroid dienone is 22. The third-order valence-electron chi connectivity index (χ3n) is 14.1. The Labute approximate surface area is 500 Å². The SMILES string of the molecule is CC/C=C\C/C=C\C/C=C\C/C=C\CCCCCCCCCCC(=O)OCC(COC(=O)CCCCCCCC/C=C\C/C=C\C/C=C\CCCCCCC)OC(=O)CCCCCCCCCC/C=C\C/C=C\C/C=C\C/C=C\CC. The minimum atomic E-state index is -0.799. The number of hydrogen-bond acceptors (Lipinski definition) is 6. The topological polar surface area (TPSA) is 78.9 Å². The lowest BCUT2D eigenvalue weighted by Gasteiger charge is -2.18.